The van der Waals surface area contributed by atoms with Crippen LogP contribution >= 0.6 is 0 Å². The van der Waals surface area contributed by atoms with E-state index in [4.69, 9.17) is 5.11 Å². The summed E-state index contributed by atoms with van der Waals surface area (Å²) in [6, 6.07) is 0. The minimum absolute atomic E-state index is 0.211. The van der Waals surface area contributed by atoms with Gasteiger partial charge >= 0.3 is 5.97 Å². The van der Waals surface area contributed by atoms with Crippen LogP contribution in [0.5, 0.6) is 0 Å². The normalized spacial score (nSPS) is 15.1. The molecular weight excluding hydrogens is 206 g/mol. The predicted molar refractivity (Wildman–Crippen MR) is 64.5 cm³/mol. The van der Waals surface area contributed by atoms with Crippen molar-refractivity contribution in [2.45, 2.75) is 52.1 Å². The summed E-state index contributed by atoms with van der Waals surface area (Å²) in [5.74, 6) is -1.15. The maximum atomic E-state index is 10.8. The minimum atomic E-state index is -1.64. The van der Waals surface area contributed by atoms with Crippen molar-refractivity contribution in [3.63, 3.8) is 0 Å². The van der Waals surface area contributed by atoms with Crippen LogP contribution in [-0.2, 0) is 4.79 Å². The molecule has 16 heavy (non-hydrogen) atoms. The van der Waals surface area contributed by atoms with E-state index < -0.39 is 11.6 Å². The fourth-order valence-electron chi connectivity index (χ4n) is 1.54. The first kappa shape index (κ1) is 15.4. The number of unbranched alkanes of at least 4 members (excludes halogenated alkanes) is 2. The molecule has 0 saturated heterocycles. The van der Waals surface area contributed by atoms with E-state index in [9.17, 15) is 9.90 Å². The van der Waals surface area contributed by atoms with E-state index >= 15 is 0 Å². The molecule has 0 aliphatic heterocycles. The van der Waals surface area contributed by atoms with Gasteiger partial charge in [-0.25, -0.2) is 4.79 Å². The van der Waals surface area contributed by atoms with Crippen LogP contribution in [0.3, 0.4) is 0 Å². The summed E-state index contributed by atoms with van der Waals surface area (Å²) in [5, 5.41) is 18.6. The van der Waals surface area contributed by atoms with Gasteiger partial charge in [0.25, 0.3) is 0 Å². The van der Waals surface area contributed by atoms with Crippen LogP contribution in [0.1, 0.15) is 46.5 Å². The Morgan fingerprint density at radius 2 is 1.62 bits per heavy atom. The van der Waals surface area contributed by atoms with Gasteiger partial charge in [-0.1, -0.05) is 26.7 Å². The van der Waals surface area contributed by atoms with Crippen LogP contribution in [0, 0.1) is 0 Å². The number of hydrogen-bond acceptors (Lipinski definition) is 3. The summed E-state index contributed by atoms with van der Waals surface area (Å²) in [7, 11) is 0. The monoisotopic (exact) mass is 231 g/mol. The van der Waals surface area contributed by atoms with Crippen LogP contribution in [0.2, 0.25) is 0 Å². The maximum Gasteiger partial charge on any atom is 0.336 e. The molecule has 0 saturated carbocycles. The molecule has 0 heterocycles. The average molecular weight is 231 g/mol. The molecule has 0 aromatic heterocycles. The van der Waals surface area contributed by atoms with Crippen LogP contribution < -0.4 is 0 Å². The number of carboxylic acids is 1. The largest absolute Gasteiger partial charge is 0.479 e. The Balaban J connectivity index is 4.22. The van der Waals surface area contributed by atoms with E-state index in [1.807, 2.05) is 4.90 Å². The lowest BCUT2D eigenvalue weighted by atomic mass is 10.1. The second kappa shape index (κ2) is 7.63. The molecule has 0 aliphatic carbocycles. The molecule has 0 fully saturated rings. The number of carboxylic acid groups (broad SMARTS) is 1. The van der Waals surface area contributed by atoms with Gasteiger partial charge in [0.2, 0.25) is 0 Å². The zero-order valence-electron chi connectivity index (χ0n) is 10.7. The van der Waals surface area contributed by atoms with Gasteiger partial charge < -0.3 is 10.2 Å². The number of rotatable bonds is 9. The van der Waals surface area contributed by atoms with Crippen LogP contribution in [0.4, 0.5) is 0 Å². The number of hydrogen-bond donors (Lipinski definition) is 2. The lowest BCUT2D eigenvalue weighted by molar-refractivity contribution is -0.158. The van der Waals surface area contributed by atoms with Gasteiger partial charge in [0.15, 0.2) is 5.60 Å². The molecule has 0 aromatic carbocycles. The Bertz CT molecular complexity index is 196. The molecular formula is C12H25NO3. The first-order valence-electron chi connectivity index (χ1n) is 6.12. The summed E-state index contributed by atoms with van der Waals surface area (Å²) in [4.78, 5) is 12.9. The van der Waals surface area contributed by atoms with E-state index in [1.54, 1.807) is 0 Å². The molecule has 0 aromatic rings. The van der Waals surface area contributed by atoms with E-state index in [2.05, 4.69) is 13.8 Å². The Hall–Kier alpha value is -0.610. The zero-order chi connectivity index (χ0) is 12.6. The first-order valence-corrected chi connectivity index (χ1v) is 6.12. The minimum Gasteiger partial charge on any atom is -0.479 e. The third-order valence-electron chi connectivity index (χ3n) is 2.65. The van der Waals surface area contributed by atoms with Crippen molar-refractivity contribution >= 4 is 5.97 Å². The van der Waals surface area contributed by atoms with Gasteiger partial charge in [0, 0.05) is 6.54 Å². The molecule has 1 atom stereocenters. The highest BCUT2D eigenvalue weighted by Crippen LogP contribution is 2.09. The topological polar surface area (TPSA) is 60.8 Å². The highest BCUT2D eigenvalue weighted by atomic mass is 16.4. The third-order valence-corrected chi connectivity index (χ3v) is 2.65. The fourth-order valence-corrected chi connectivity index (χ4v) is 1.54. The van der Waals surface area contributed by atoms with Crippen molar-refractivity contribution in [2.75, 3.05) is 19.6 Å². The second-order valence-corrected chi connectivity index (χ2v) is 4.56. The smallest absolute Gasteiger partial charge is 0.336 e. The molecule has 4 heteroatoms. The summed E-state index contributed by atoms with van der Waals surface area (Å²) in [5.41, 5.74) is -1.64. The summed E-state index contributed by atoms with van der Waals surface area (Å²) >= 11 is 0. The van der Waals surface area contributed by atoms with E-state index in [-0.39, 0.29) is 6.54 Å². The molecule has 0 spiro atoms. The van der Waals surface area contributed by atoms with E-state index in [0.29, 0.717) is 0 Å². The standard InChI is InChI=1S/C12H25NO3/c1-4-6-8-13(9-7-5-2)10-12(3,16)11(14)15/h16H,4-10H2,1-3H3,(H,14,15). The van der Waals surface area contributed by atoms with E-state index in [1.165, 1.54) is 6.92 Å². The summed E-state index contributed by atoms with van der Waals surface area (Å²) in [6.45, 7) is 7.50. The van der Waals surface area contributed by atoms with Crippen molar-refractivity contribution < 1.29 is 15.0 Å². The Kier molecular flexibility index (Phi) is 7.34. The molecule has 96 valence electrons. The van der Waals surface area contributed by atoms with Crippen molar-refractivity contribution in [1.82, 2.24) is 4.90 Å². The lowest BCUT2D eigenvalue weighted by Crippen LogP contribution is -2.47. The van der Waals surface area contributed by atoms with Crippen molar-refractivity contribution in [1.29, 1.82) is 0 Å². The number of aliphatic carboxylic acids is 1. The number of nitrogens with zero attached hydrogens (tertiary/aromatic N) is 1. The first-order chi connectivity index (χ1) is 7.44. The third kappa shape index (κ3) is 6.08. The number of aliphatic hydroxyl groups is 1. The Morgan fingerprint density at radius 3 is 1.94 bits per heavy atom. The highest BCUT2D eigenvalue weighted by Gasteiger charge is 2.31. The molecule has 2 N–H and O–H groups in total. The second-order valence-electron chi connectivity index (χ2n) is 4.56. The van der Waals surface area contributed by atoms with Gasteiger partial charge in [-0.3, -0.25) is 4.90 Å². The highest BCUT2D eigenvalue weighted by molar-refractivity contribution is 5.76. The fraction of sp³-hybridized carbons (Fsp3) is 0.917. The molecule has 0 aliphatic rings. The Labute approximate surface area is 98.3 Å². The van der Waals surface area contributed by atoms with Gasteiger partial charge in [0.1, 0.15) is 0 Å². The summed E-state index contributed by atoms with van der Waals surface area (Å²) in [6.07, 6.45) is 4.24. The predicted octanol–water partition coefficient (Wildman–Crippen LogP) is 1.72. The maximum absolute atomic E-state index is 10.8. The van der Waals surface area contributed by atoms with Crippen LogP contribution in [0.25, 0.3) is 0 Å². The van der Waals surface area contributed by atoms with Gasteiger partial charge in [0.05, 0.1) is 0 Å². The molecule has 0 amide bonds. The van der Waals surface area contributed by atoms with Crippen LogP contribution in [-0.4, -0.2) is 46.3 Å². The Morgan fingerprint density at radius 1 is 1.19 bits per heavy atom. The summed E-state index contributed by atoms with van der Waals surface area (Å²) < 4.78 is 0. The van der Waals surface area contributed by atoms with Gasteiger partial charge in [-0.15, -0.1) is 0 Å². The molecule has 0 radical (unpaired) electrons. The van der Waals surface area contributed by atoms with Crippen molar-refractivity contribution in [2.24, 2.45) is 0 Å². The van der Waals surface area contributed by atoms with Crippen molar-refractivity contribution in [3.05, 3.63) is 0 Å². The molecule has 4 nitrogen and oxygen atoms in total. The average Bonchev–Trinajstić information content (AvgIpc) is 2.21. The molecule has 0 bridgehead atoms. The van der Waals surface area contributed by atoms with Gasteiger partial charge in [-0.2, -0.15) is 0 Å². The van der Waals surface area contributed by atoms with E-state index in [0.717, 1.165) is 38.8 Å². The SMILES string of the molecule is CCCCN(CCCC)CC(C)(O)C(=O)O. The number of carbonyl (C=O) groups is 1. The van der Waals surface area contributed by atoms with Crippen LogP contribution in [0.15, 0.2) is 0 Å². The molecule has 1 unspecified atom stereocenters. The molecule has 0 rings (SSSR count). The van der Waals surface area contributed by atoms with Crippen molar-refractivity contribution in [3.8, 4) is 0 Å². The lowest BCUT2D eigenvalue weighted by Gasteiger charge is -2.28. The quantitative estimate of drug-likeness (QED) is 0.634. The zero-order valence-corrected chi connectivity index (χ0v) is 10.7. The van der Waals surface area contributed by atoms with Gasteiger partial charge in [-0.05, 0) is 32.9 Å².